The zero-order chi connectivity index (χ0) is 19.2. The lowest BCUT2D eigenvalue weighted by molar-refractivity contribution is -0.123. The van der Waals surface area contributed by atoms with Crippen LogP contribution in [0.5, 0.6) is 5.75 Å². The maximum atomic E-state index is 12.3. The summed E-state index contributed by atoms with van der Waals surface area (Å²) in [5.41, 5.74) is 3.43. The molecule has 1 atom stereocenters. The number of amides is 1. The van der Waals surface area contributed by atoms with E-state index in [4.69, 9.17) is 16.3 Å². The SMILES string of the molecule is Cc1ccc([C@H](CNC(=O)COc2ccc(Cl)c(C)c2)N2CCCC2)cc1. The molecule has 0 aliphatic carbocycles. The Balaban J connectivity index is 1.56. The number of rotatable bonds is 7. The Bertz CT molecular complexity index is 770. The van der Waals surface area contributed by atoms with E-state index in [1.54, 1.807) is 12.1 Å². The molecule has 1 aliphatic rings. The highest BCUT2D eigenvalue weighted by molar-refractivity contribution is 6.31. The first-order valence-electron chi connectivity index (χ1n) is 9.49. The van der Waals surface area contributed by atoms with Crippen molar-refractivity contribution in [2.24, 2.45) is 0 Å². The second-order valence-corrected chi connectivity index (χ2v) is 7.58. The van der Waals surface area contributed by atoms with Gasteiger partial charge >= 0.3 is 0 Å². The van der Waals surface area contributed by atoms with Gasteiger partial charge in [0.1, 0.15) is 5.75 Å². The molecule has 27 heavy (non-hydrogen) atoms. The van der Waals surface area contributed by atoms with Gasteiger partial charge in [0.2, 0.25) is 0 Å². The maximum Gasteiger partial charge on any atom is 0.258 e. The maximum absolute atomic E-state index is 12.3. The Hall–Kier alpha value is -2.04. The average Bonchev–Trinajstić information content (AvgIpc) is 3.19. The van der Waals surface area contributed by atoms with Gasteiger partial charge in [0.25, 0.3) is 5.91 Å². The van der Waals surface area contributed by atoms with Crippen molar-refractivity contribution in [1.82, 2.24) is 10.2 Å². The van der Waals surface area contributed by atoms with Gasteiger partial charge in [-0.05, 0) is 69.1 Å². The van der Waals surface area contributed by atoms with E-state index < -0.39 is 0 Å². The van der Waals surface area contributed by atoms with Crippen LogP contribution in [0.1, 0.15) is 35.6 Å². The zero-order valence-corrected chi connectivity index (χ0v) is 16.8. The molecule has 4 nitrogen and oxygen atoms in total. The number of carbonyl (C=O) groups excluding carboxylic acids is 1. The van der Waals surface area contributed by atoms with E-state index in [2.05, 4.69) is 41.4 Å². The summed E-state index contributed by atoms with van der Waals surface area (Å²) in [5, 5.41) is 3.73. The second-order valence-electron chi connectivity index (χ2n) is 7.17. The smallest absolute Gasteiger partial charge is 0.258 e. The molecular weight excluding hydrogens is 360 g/mol. The first-order chi connectivity index (χ1) is 13.0. The van der Waals surface area contributed by atoms with Crippen LogP contribution in [0.4, 0.5) is 0 Å². The highest BCUT2D eigenvalue weighted by Gasteiger charge is 2.23. The quantitative estimate of drug-likeness (QED) is 0.771. The van der Waals surface area contributed by atoms with Gasteiger partial charge in [-0.1, -0.05) is 41.4 Å². The largest absolute Gasteiger partial charge is 0.484 e. The molecular formula is C22H27ClN2O2. The second kappa shape index (κ2) is 9.25. The summed E-state index contributed by atoms with van der Waals surface area (Å²) in [6.07, 6.45) is 2.44. The minimum Gasteiger partial charge on any atom is -0.484 e. The monoisotopic (exact) mass is 386 g/mol. The third-order valence-electron chi connectivity index (χ3n) is 5.04. The Morgan fingerprint density at radius 2 is 1.85 bits per heavy atom. The topological polar surface area (TPSA) is 41.6 Å². The van der Waals surface area contributed by atoms with E-state index in [9.17, 15) is 4.79 Å². The van der Waals surface area contributed by atoms with Crippen LogP contribution in [-0.4, -0.2) is 37.0 Å². The van der Waals surface area contributed by atoms with E-state index in [-0.39, 0.29) is 18.6 Å². The average molecular weight is 387 g/mol. The van der Waals surface area contributed by atoms with E-state index in [1.165, 1.54) is 24.0 Å². The number of benzene rings is 2. The molecule has 1 N–H and O–H groups in total. The van der Waals surface area contributed by atoms with Crippen LogP contribution in [0.2, 0.25) is 5.02 Å². The third kappa shape index (κ3) is 5.47. The lowest BCUT2D eigenvalue weighted by Gasteiger charge is -2.28. The third-order valence-corrected chi connectivity index (χ3v) is 5.46. The Labute approximate surface area is 166 Å². The Morgan fingerprint density at radius 1 is 1.15 bits per heavy atom. The molecule has 0 bridgehead atoms. The van der Waals surface area contributed by atoms with Crippen LogP contribution in [0.3, 0.4) is 0 Å². The summed E-state index contributed by atoms with van der Waals surface area (Å²) >= 11 is 6.02. The minimum absolute atomic E-state index is 0.00168. The molecule has 0 unspecified atom stereocenters. The molecule has 144 valence electrons. The molecule has 5 heteroatoms. The van der Waals surface area contributed by atoms with Crippen molar-refractivity contribution >= 4 is 17.5 Å². The molecule has 0 radical (unpaired) electrons. The van der Waals surface area contributed by atoms with Crippen molar-refractivity contribution in [2.75, 3.05) is 26.2 Å². The summed E-state index contributed by atoms with van der Waals surface area (Å²) < 4.78 is 5.60. The van der Waals surface area contributed by atoms with Crippen molar-refractivity contribution in [2.45, 2.75) is 32.7 Å². The summed E-state index contributed by atoms with van der Waals surface area (Å²) in [4.78, 5) is 14.7. The van der Waals surface area contributed by atoms with Gasteiger partial charge in [0, 0.05) is 11.6 Å². The summed E-state index contributed by atoms with van der Waals surface area (Å²) in [6.45, 7) is 6.75. The molecule has 1 amide bonds. The van der Waals surface area contributed by atoms with Crippen LogP contribution < -0.4 is 10.1 Å². The number of carbonyl (C=O) groups is 1. The van der Waals surface area contributed by atoms with Gasteiger partial charge in [0.15, 0.2) is 6.61 Å². The summed E-state index contributed by atoms with van der Waals surface area (Å²) in [6, 6.07) is 14.2. The predicted octanol–water partition coefficient (Wildman–Crippen LogP) is 4.29. The standard InChI is InChI=1S/C22H27ClN2O2/c1-16-5-7-18(8-6-16)21(25-11-3-4-12-25)14-24-22(26)15-27-19-9-10-20(23)17(2)13-19/h5-10,13,21H,3-4,11-12,14-15H2,1-2H3,(H,24,26)/t21-/m0/s1. The number of hydrogen-bond acceptors (Lipinski definition) is 3. The van der Waals surface area contributed by atoms with Crippen molar-refractivity contribution in [3.8, 4) is 5.75 Å². The van der Waals surface area contributed by atoms with Crippen molar-refractivity contribution in [1.29, 1.82) is 0 Å². The van der Waals surface area contributed by atoms with Gasteiger partial charge in [-0.2, -0.15) is 0 Å². The van der Waals surface area contributed by atoms with Gasteiger partial charge < -0.3 is 10.1 Å². The number of ether oxygens (including phenoxy) is 1. The number of hydrogen-bond donors (Lipinski definition) is 1. The number of nitrogens with zero attached hydrogens (tertiary/aromatic N) is 1. The van der Waals surface area contributed by atoms with Crippen LogP contribution >= 0.6 is 11.6 Å². The van der Waals surface area contributed by atoms with E-state index >= 15 is 0 Å². The molecule has 2 aromatic carbocycles. The van der Waals surface area contributed by atoms with Crippen molar-refractivity contribution in [3.63, 3.8) is 0 Å². The fourth-order valence-electron chi connectivity index (χ4n) is 3.42. The molecule has 2 aromatic rings. The number of halogens is 1. The first kappa shape index (κ1) is 19.7. The summed E-state index contributed by atoms with van der Waals surface area (Å²) in [5.74, 6) is 0.542. The molecule has 0 spiro atoms. The normalized spacial score (nSPS) is 15.5. The van der Waals surface area contributed by atoms with Crippen LogP contribution in [0, 0.1) is 13.8 Å². The molecule has 1 saturated heterocycles. The van der Waals surface area contributed by atoms with E-state index in [1.807, 2.05) is 13.0 Å². The van der Waals surface area contributed by atoms with Crippen LogP contribution in [0.25, 0.3) is 0 Å². The number of aryl methyl sites for hydroxylation is 2. The predicted molar refractivity (Wildman–Crippen MR) is 109 cm³/mol. The Kier molecular flexibility index (Phi) is 6.75. The van der Waals surface area contributed by atoms with Crippen LogP contribution in [-0.2, 0) is 4.79 Å². The Morgan fingerprint density at radius 3 is 2.52 bits per heavy atom. The van der Waals surface area contributed by atoms with Gasteiger partial charge in [-0.3, -0.25) is 9.69 Å². The van der Waals surface area contributed by atoms with Gasteiger partial charge in [0.05, 0.1) is 6.04 Å². The van der Waals surface area contributed by atoms with Crippen molar-refractivity contribution < 1.29 is 9.53 Å². The first-order valence-corrected chi connectivity index (χ1v) is 9.87. The van der Waals surface area contributed by atoms with E-state index in [0.29, 0.717) is 17.3 Å². The highest BCUT2D eigenvalue weighted by atomic mass is 35.5. The highest BCUT2D eigenvalue weighted by Crippen LogP contribution is 2.25. The number of nitrogens with one attached hydrogen (secondary N) is 1. The fourth-order valence-corrected chi connectivity index (χ4v) is 3.53. The fraction of sp³-hybridized carbons (Fsp3) is 0.409. The van der Waals surface area contributed by atoms with Gasteiger partial charge in [-0.15, -0.1) is 0 Å². The van der Waals surface area contributed by atoms with Gasteiger partial charge in [-0.25, -0.2) is 0 Å². The lowest BCUT2D eigenvalue weighted by Crippen LogP contribution is -2.38. The van der Waals surface area contributed by atoms with Crippen molar-refractivity contribution in [3.05, 3.63) is 64.2 Å². The molecule has 1 heterocycles. The lowest BCUT2D eigenvalue weighted by atomic mass is 10.0. The summed E-state index contributed by atoms with van der Waals surface area (Å²) in [7, 11) is 0. The number of likely N-dealkylation sites (tertiary alicyclic amines) is 1. The zero-order valence-electron chi connectivity index (χ0n) is 16.0. The molecule has 3 rings (SSSR count). The molecule has 0 aromatic heterocycles. The van der Waals surface area contributed by atoms with Crippen LogP contribution in [0.15, 0.2) is 42.5 Å². The molecule has 1 fully saturated rings. The molecule has 1 aliphatic heterocycles. The molecule has 0 saturated carbocycles. The van der Waals surface area contributed by atoms with E-state index in [0.717, 1.165) is 18.7 Å². The minimum atomic E-state index is -0.112.